The van der Waals surface area contributed by atoms with Crippen LogP contribution in [0, 0.1) is 0 Å². The molecule has 0 heterocycles. The second kappa shape index (κ2) is 5.09. The van der Waals surface area contributed by atoms with Gasteiger partial charge in [-0.05, 0) is 11.6 Å². The van der Waals surface area contributed by atoms with Gasteiger partial charge < -0.3 is 10.8 Å². The van der Waals surface area contributed by atoms with Gasteiger partial charge in [-0.25, -0.2) is 4.39 Å². The fourth-order valence-electron chi connectivity index (χ4n) is 1.40. The molecule has 1 aromatic rings. The van der Waals surface area contributed by atoms with E-state index in [1.54, 1.807) is 6.07 Å². The van der Waals surface area contributed by atoms with Crippen LogP contribution in [0.3, 0.4) is 0 Å². The van der Waals surface area contributed by atoms with Crippen LogP contribution in [-0.2, 0) is 11.5 Å². The van der Waals surface area contributed by atoms with Crippen molar-refractivity contribution in [2.45, 2.75) is 12.6 Å². The summed E-state index contributed by atoms with van der Waals surface area (Å²) >= 11 is 5.76. The highest BCUT2D eigenvalue weighted by atomic mass is 35.5. The van der Waals surface area contributed by atoms with Crippen LogP contribution in [0.4, 0.5) is 4.39 Å². The highest BCUT2D eigenvalue weighted by Crippen LogP contribution is 2.27. The van der Waals surface area contributed by atoms with Gasteiger partial charge in [-0.2, -0.15) is 0 Å². The molecule has 1 rings (SSSR count). The Morgan fingerprint density at radius 1 is 1.60 bits per heavy atom. The Hall–Kier alpha value is -1.13. The van der Waals surface area contributed by atoms with Crippen LogP contribution >= 0.6 is 11.6 Å². The molecule has 82 valence electrons. The second-order valence-corrected chi connectivity index (χ2v) is 3.47. The molecule has 3 nitrogen and oxygen atoms in total. The lowest BCUT2D eigenvalue weighted by Crippen LogP contribution is -2.22. The Kier molecular flexibility index (Phi) is 4.05. The maximum atomic E-state index is 12.7. The van der Waals surface area contributed by atoms with Gasteiger partial charge in [-0.3, -0.25) is 4.79 Å². The third-order valence-electron chi connectivity index (χ3n) is 2.20. The molecule has 0 spiro atoms. The topological polar surface area (TPSA) is 63.3 Å². The summed E-state index contributed by atoms with van der Waals surface area (Å²) in [7, 11) is 0. The Bertz CT molecular complexity index is 370. The molecule has 5 heteroatoms. The summed E-state index contributed by atoms with van der Waals surface area (Å²) in [6, 6.07) is 4.64. The Morgan fingerprint density at radius 3 is 2.73 bits per heavy atom. The zero-order chi connectivity index (χ0) is 11.4. The largest absolute Gasteiger partial charge is 0.481 e. The number of carbonyl (C=O) groups is 1. The summed E-state index contributed by atoms with van der Waals surface area (Å²) in [4.78, 5) is 10.9. The average Bonchev–Trinajstić information content (AvgIpc) is 2.18. The molecule has 1 atom stereocenters. The van der Waals surface area contributed by atoms with Crippen LogP contribution in [0.25, 0.3) is 0 Å². The van der Waals surface area contributed by atoms with Crippen molar-refractivity contribution < 1.29 is 14.3 Å². The van der Waals surface area contributed by atoms with Crippen LogP contribution in [0.15, 0.2) is 18.2 Å². The molecule has 0 bridgehead atoms. The second-order valence-electron chi connectivity index (χ2n) is 3.07. The van der Waals surface area contributed by atoms with E-state index in [1.807, 2.05) is 0 Å². The molecule has 0 aliphatic rings. The van der Waals surface area contributed by atoms with Crippen molar-refractivity contribution in [3.63, 3.8) is 0 Å². The van der Waals surface area contributed by atoms with E-state index in [0.29, 0.717) is 5.56 Å². The molecule has 1 unspecified atom stereocenters. The van der Waals surface area contributed by atoms with E-state index in [2.05, 4.69) is 0 Å². The minimum Gasteiger partial charge on any atom is -0.481 e. The monoisotopic (exact) mass is 231 g/mol. The van der Waals surface area contributed by atoms with Crippen molar-refractivity contribution >= 4 is 17.6 Å². The van der Waals surface area contributed by atoms with Gasteiger partial charge in [-0.15, -0.1) is 0 Å². The molecule has 0 amide bonds. The highest BCUT2D eigenvalue weighted by molar-refractivity contribution is 6.31. The van der Waals surface area contributed by atoms with E-state index in [0.717, 1.165) is 0 Å². The molecule has 15 heavy (non-hydrogen) atoms. The molecule has 0 radical (unpaired) electrons. The maximum Gasteiger partial charge on any atom is 0.312 e. The first-order chi connectivity index (χ1) is 7.11. The van der Waals surface area contributed by atoms with Crippen LogP contribution in [0.5, 0.6) is 0 Å². The summed E-state index contributed by atoms with van der Waals surface area (Å²) in [5.74, 6) is -1.98. The Balaban J connectivity index is 3.22. The van der Waals surface area contributed by atoms with Crippen LogP contribution in [0.2, 0.25) is 5.02 Å². The fourth-order valence-corrected chi connectivity index (χ4v) is 1.64. The van der Waals surface area contributed by atoms with Gasteiger partial charge in [0.05, 0.1) is 5.92 Å². The van der Waals surface area contributed by atoms with Gasteiger partial charge in [0.2, 0.25) is 0 Å². The first-order valence-electron chi connectivity index (χ1n) is 4.38. The first-order valence-corrected chi connectivity index (χ1v) is 4.75. The molecule has 0 aromatic heterocycles. The third kappa shape index (κ3) is 2.46. The molecule has 3 N–H and O–H groups in total. The molecule has 0 aliphatic carbocycles. The number of nitrogens with two attached hydrogens (primary N) is 1. The van der Waals surface area contributed by atoms with Gasteiger partial charge in [-0.1, -0.05) is 23.7 Å². The number of halogens is 2. The van der Waals surface area contributed by atoms with Gasteiger partial charge >= 0.3 is 5.97 Å². The maximum absolute atomic E-state index is 12.7. The number of carboxylic acids is 1. The van der Waals surface area contributed by atoms with E-state index in [4.69, 9.17) is 22.4 Å². The van der Waals surface area contributed by atoms with E-state index in [-0.39, 0.29) is 17.1 Å². The quantitative estimate of drug-likeness (QED) is 0.832. The molecule has 0 saturated heterocycles. The minimum atomic E-state index is -1.07. The van der Waals surface area contributed by atoms with Crippen molar-refractivity contribution in [1.82, 2.24) is 0 Å². The van der Waals surface area contributed by atoms with Crippen LogP contribution in [-0.4, -0.2) is 17.6 Å². The van der Waals surface area contributed by atoms with Crippen molar-refractivity contribution in [2.75, 3.05) is 6.54 Å². The third-order valence-corrected chi connectivity index (χ3v) is 2.55. The number of carboxylic acid groups (broad SMARTS) is 1. The summed E-state index contributed by atoms with van der Waals surface area (Å²) in [5, 5.41) is 9.12. The zero-order valence-corrected chi connectivity index (χ0v) is 8.67. The summed E-state index contributed by atoms with van der Waals surface area (Å²) in [6.45, 7) is -0.874. The zero-order valence-electron chi connectivity index (χ0n) is 7.91. The molecule has 0 fully saturated rings. The number of rotatable bonds is 4. The summed E-state index contributed by atoms with van der Waals surface area (Å²) in [5.41, 5.74) is 5.89. The summed E-state index contributed by atoms with van der Waals surface area (Å²) < 4.78 is 12.7. The van der Waals surface area contributed by atoms with Gasteiger partial charge in [0.15, 0.2) is 0 Å². The van der Waals surface area contributed by atoms with Crippen LogP contribution < -0.4 is 5.73 Å². The SMILES string of the molecule is NCC(C(=O)O)c1cccc(Cl)c1CF. The van der Waals surface area contributed by atoms with Gasteiger partial charge in [0, 0.05) is 17.1 Å². The van der Waals surface area contributed by atoms with Gasteiger partial charge in [0.25, 0.3) is 0 Å². The normalized spacial score (nSPS) is 12.5. The average molecular weight is 232 g/mol. The molecular weight excluding hydrogens is 221 g/mol. The number of alkyl halides is 1. The smallest absolute Gasteiger partial charge is 0.312 e. The number of hydrogen-bond donors (Lipinski definition) is 2. The molecule has 0 saturated carbocycles. The Morgan fingerprint density at radius 2 is 2.27 bits per heavy atom. The lowest BCUT2D eigenvalue weighted by molar-refractivity contribution is -0.138. The molecule has 0 aliphatic heterocycles. The number of hydrogen-bond acceptors (Lipinski definition) is 2. The summed E-state index contributed by atoms with van der Waals surface area (Å²) in [6.07, 6.45) is 0. The Labute approximate surface area is 91.7 Å². The molecular formula is C10H11ClFNO2. The number of aliphatic carboxylic acids is 1. The number of benzene rings is 1. The lowest BCUT2D eigenvalue weighted by Gasteiger charge is -2.14. The highest BCUT2D eigenvalue weighted by Gasteiger charge is 2.22. The molecule has 1 aromatic carbocycles. The predicted octanol–water partition coefficient (Wildman–Crippen LogP) is 1.94. The fraction of sp³-hybridized carbons (Fsp3) is 0.300. The van der Waals surface area contributed by atoms with Crippen molar-refractivity contribution in [3.8, 4) is 0 Å². The first kappa shape index (κ1) is 11.9. The van der Waals surface area contributed by atoms with Crippen molar-refractivity contribution in [3.05, 3.63) is 34.3 Å². The predicted molar refractivity (Wildman–Crippen MR) is 55.7 cm³/mol. The van der Waals surface area contributed by atoms with Crippen molar-refractivity contribution in [2.24, 2.45) is 5.73 Å². The van der Waals surface area contributed by atoms with Gasteiger partial charge in [0.1, 0.15) is 6.67 Å². The van der Waals surface area contributed by atoms with E-state index in [1.165, 1.54) is 12.1 Å². The van der Waals surface area contributed by atoms with E-state index >= 15 is 0 Å². The minimum absolute atomic E-state index is 0.0807. The van der Waals surface area contributed by atoms with Crippen LogP contribution in [0.1, 0.15) is 17.0 Å². The van der Waals surface area contributed by atoms with E-state index < -0.39 is 18.6 Å². The standard InChI is InChI=1S/C10H11ClFNO2/c11-9-3-1-2-6(7(9)4-12)8(5-13)10(14)15/h1-3,8H,4-5,13H2,(H,14,15). The van der Waals surface area contributed by atoms with Crippen molar-refractivity contribution in [1.29, 1.82) is 0 Å². The van der Waals surface area contributed by atoms with E-state index in [9.17, 15) is 9.18 Å². The lowest BCUT2D eigenvalue weighted by atomic mass is 9.95.